The Labute approximate surface area is 150 Å². The summed E-state index contributed by atoms with van der Waals surface area (Å²) in [5.41, 5.74) is -0.706. The number of pyridine rings is 1. The molecular weight excluding hydrogens is 347 g/mol. The van der Waals surface area contributed by atoms with Crippen LogP contribution in [0.1, 0.15) is 46.5 Å². The van der Waals surface area contributed by atoms with Gasteiger partial charge >= 0.3 is 0 Å². The van der Waals surface area contributed by atoms with E-state index in [2.05, 4.69) is 22.2 Å². The van der Waals surface area contributed by atoms with Crippen molar-refractivity contribution in [3.05, 3.63) is 17.3 Å². The number of aliphatic hydroxyl groups is 1. The van der Waals surface area contributed by atoms with E-state index in [4.69, 9.17) is 11.6 Å². The van der Waals surface area contributed by atoms with E-state index >= 15 is 0 Å². The van der Waals surface area contributed by atoms with E-state index in [1.54, 1.807) is 12.1 Å². The Kier molecular flexibility index (Phi) is 4.49. The molecule has 0 radical (unpaired) electrons. The standard InChI is InChI=1S/C17H22ClFN4O2/c1-10(19)17(3,25)9-13(24)22-15-20-11-5-6-12(18)21-14(11)23(15)16(2)7-4-8-16/h5-6,10,25H,4,7-9H2,1-3H3,(H,20,22,24). The van der Waals surface area contributed by atoms with Gasteiger partial charge in [0.25, 0.3) is 0 Å². The molecule has 1 fully saturated rings. The number of nitrogens with zero attached hydrogens (tertiary/aromatic N) is 3. The normalized spacial score (nSPS) is 19.9. The Morgan fingerprint density at radius 2 is 2.20 bits per heavy atom. The molecule has 0 saturated heterocycles. The number of imidazole rings is 1. The van der Waals surface area contributed by atoms with Gasteiger partial charge in [-0.3, -0.25) is 14.7 Å². The molecule has 1 aliphatic carbocycles. The number of anilines is 1. The van der Waals surface area contributed by atoms with Crippen molar-refractivity contribution >= 4 is 34.6 Å². The molecule has 0 aliphatic heterocycles. The van der Waals surface area contributed by atoms with Crippen LogP contribution < -0.4 is 5.32 Å². The fourth-order valence-corrected chi connectivity index (χ4v) is 3.22. The fourth-order valence-electron chi connectivity index (χ4n) is 3.08. The summed E-state index contributed by atoms with van der Waals surface area (Å²) in [7, 11) is 0. The average Bonchev–Trinajstić information content (AvgIpc) is 2.81. The predicted molar refractivity (Wildman–Crippen MR) is 94.5 cm³/mol. The minimum Gasteiger partial charge on any atom is -0.387 e. The summed E-state index contributed by atoms with van der Waals surface area (Å²) in [5, 5.41) is 13.1. The van der Waals surface area contributed by atoms with Crippen molar-refractivity contribution < 1.29 is 14.3 Å². The van der Waals surface area contributed by atoms with Crippen LogP contribution in [0.4, 0.5) is 10.3 Å². The molecule has 3 rings (SSSR count). The van der Waals surface area contributed by atoms with Crippen molar-refractivity contribution in [1.29, 1.82) is 0 Å². The van der Waals surface area contributed by atoms with E-state index in [-0.39, 0.29) is 12.0 Å². The third-order valence-corrected chi connectivity index (χ3v) is 5.28. The van der Waals surface area contributed by atoms with Gasteiger partial charge in [-0.1, -0.05) is 11.6 Å². The molecule has 8 heteroatoms. The first-order chi connectivity index (χ1) is 11.6. The van der Waals surface area contributed by atoms with Gasteiger partial charge < -0.3 is 5.11 Å². The molecule has 2 unspecified atom stereocenters. The summed E-state index contributed by atoms with van der Waals surface area (Å²) < 4.78 is 15.3. The Bertz CT molecular complexity index is 814. The Morgan fingerprint density at radius 1 is 1.52 bits per heavy atom. The van der Waals surface area contributed by atoms with Crippen LogP contribution in [-0.2, 0) is 10.3 Å². The lowest BCUT2D eigenvalue weighted by Crippen LogP contribution is -2.40. The third-order valence-electron chi connectivity index (χ3n) is 5.07. The quantitative estimate of drug-likeness (QED) is 0.792. The highest BCUT2D eigenvalue weighted by Gasteiger charge is 2.38. The smallest absolute Gasteiger partial charge is 0.229 e. The monoisotopic (exact) mass is 368 g/mol. The van der Waals surface area contributed by atoms with Gasteiger partial charge in [-0.15, -0.1) is 0 Å². The Hall–Kier alpha value is -1.73. The van der Waals surface area contributed by atoms with E-state index in [1.165, 1.54) is 13.8 Å². The van der Waals surface area contributed by atoms with Crippen molar-refractivity contribution in [3.63, 3.8) is 0 Å². The van der Waals surface area contributed by atoms with E-state index in [1.807, 2.05) is 4.57 Å². The molecule has 2 atom stereocenters. The number of carbonyl (C=O) groups excluding carboxylic acids is 1. The number of carbonyl (C=O) groups is 1. The summed E-state index contributed by atoms with van der Waals surface area (Å²) in [6, 6.07) is 3.39. The van der Waals surface area contributed by atoms with Crippen LogP contribution in [0, 0.1) is 0 Å². The highest BCUT2D eigenvalue weighted by Crippen LogP contribution is 2.42. The van der Waals surface area contributed by atoms with Crippen molar-refractivity contribution in [3.8, 4) is 0 Å². The first-order valence-corrected chi connectivity index (χ1v) is 8.72. The lowest BCUT2D eigenvalue weighted by atomic mass is 9.78. The lowest BCUT2D eigenvalue weighted by molar-refractivity contribution is -0.123. The van der Waals surface area contributed by atoms with Gasteiger partial charge in [0.15, 0.2) is 5.65 Å². The van der Waals surface area contributed by atoms with Crippen LogP contribution in [-0.4, -0.2) is 37.3 Å². The maximum atomic E-state index is 13.4. The van der Waals surface area contributed by atoms with Gasteiger partial charge in [-0.2, -0.15) is 0 Å². The van der Waals surface area contributed by atoms with Crippen LogP contribution in [0.3, 0.4) is 0 Å². The highest BCUT2D eigenvalue weighted by atomic mass is 35.5. The summed E-state index contributed by atoms with van der Waals surface area (Å²) in [6.45, 7) is 4.61. The summed E-state index contributed by atoms with van der Waals surface area (Å²) >= 11 is 6.02. The van der Waals surface area contributed by atoms with Crippen molar-refractivity contribution in [1.82, 2.24) is 14.5 Å². The van der Waals surface area contributed by atoms with E-state index in [0.717, 1.165) is 19.3 Å². The zero-order valence-corrected chi connectivity index (χ0v) is 15.3. The second kappa shape index (κ2) is 6.21. The van der Waals surface area contributed by atoms with Crippen molar-refractivity contribution in [2.24, 2.45) is 0 Å². The molecule has 6 nitrogen and oxygen atoms in total. The molecule has 0 aromatic carbocycles. The Balaban J connectivity index is 1.96. The third kappa shape index (κ3) is 3.35. The predicted octanol–water partition coefficient (Wildman–Crippen LogP) is 3.42. The van der Waals surface area contributed by atoms with Gasteiger partial charge in [-0.25, -0.2) is 14.4 Å². The van der Waals surface area contributed by atoms with E-state index in [0.29, 0.717) is 22.3 Å². The molecule has 25 heavy (non-hydrogen) atoms. The molecule has 2 aromatic heterocycles. The number of hydrogen-bond acceptors (Lipinski definition) is 4. The first-order valence-electron chi connectivity index (χ1n) is 8.34. The van der Waals surface area contributed by atoms with Gasteiger partial charge in [0.2, 0.25) is 11.9 Å². The topological polar surface area (TPSA) is 80.0 Å². The average molecular weight is 369 g/mol. The molecule has 0 bridgehead atoms. The zero-order valence-electron chi connectivity index (χ0n) is 14.5. The number of hydrogen-bond donors (Lipinski definition) is 2. The minimum atomic E-state index is -1.73. The number of aromatic nitrogens is 3. The van der Waals surface area contributed by atoms with Gasteiger partial charge in [0.05, 0.1) is 6.42 Å². The molecular formula is C17H22ClFN4O2. The fraction of sp³-hybridized carbons (Fsp3) is 0.588. The van der Waals surface area contributed by atoms with Crippen LogP contribution in [0.25, 0.3) is 11.2 Å². The molecule has 1 aliphatic rings. The lowest BCUT2D eigenvalue weighted by Gasteiger charge is -2.40. The van der Waals surface area contributed by atoms with E-state index < -0.39 is 17.7 Å². The van der Waals surface area contributed by atoms with Crippen molar-refractivity contribution in [2.45, 2.75) is 63.8 Å². The number of nitrogens with one attached hydrogen (secondary N) is 1. The Morgan fingerprint density at radius 3 is 2.76 bits per heavy atom. The van der Waals surface area contributed by atoms with Gasteiger partial charge in [0, 0.05) is 5.54 Å². The van der Waals surface area contributed by atoms with Crippen molar-refractivity contribution in [2.75, 3.05) is 5.32 Å². The largest absolute Gasteiger partial charge is 0.387 e. The van der Waals surface area contributed by atoms with Crippen LogP contribution in [0.5, 0.6) is 0 Å². The molecule has 2 heterocycles. The second-order valence-electron chi connectivity index (χ2n) is 7.30. The number of halogens is 2. The van der Waals surface area contributed by atoms with Crippen LogP contribution >= 0.6 is 11.6 Å². The molecule has 2 aromatic rings. The maximum Gasteiger partial charge on any atom is 0.229 e. The minimum absolute atomic E-state index is 0.203. The number of alkyl halides is 1. The second-order valence-corrected chi connectivity index (χ2v) is 7.68. The zero-order chi connectivity index (χ0) is 18.4. The molecule has 136 valence electrons. The molecule has 0 spiro atoms. The van der Waals surface area contributed by atoms with Crippen LogP contribution in [0.15, 0.2) is 12.1 Å². The maximum absolute atomic E-state index is 13.4. The summed E-state index contributed by atoms with van der Waals surface area (Å²) in [5.74, 6) is -0.153. The molecule has 1 amide bonds. The molecule has 1 saturated carbocycles. The van der Waals surface area contributed by atoms with E-state index in [9.17, 15) is 14.3 Å². The number of fused-ring (bicyclic) bond motifs is 1. The van der Waals surface area contributed by atoms with Crippen LogP contribution in [0.2, 0.25) is 5.15 Å². The summed E-state index contributed by atoms with van der Waals surface area (Å²) in [4.78, 5) is 21.1. The number of rotatable bonds is 5. The number of amides is 1. The molecule has 2 N–H and O–H groups in total. The summed E-state index contributed by atoms with van der Waals surface area (Å²) in [6.07, 6.45) is 1.07. The van der Waals surface area contributed by atoms with Gasteiger partial charge in [0.1, 0.15) is 22.4 Å². The van der Waals surface area contributed by atoms with Gasteiger partial charge in [-0.05, 0) is 52.2 Å². The first kappa shape index (κ1) is 18.1. The SMILES string of the molecule is CC(F)C(C)(O)CC(=O)Nc1nc2ccc(Cl)nc2n1C1(C)CCC1. The highest BCUT2D eigenvalue weighted by molar-refractivity contribution is 6.29.